The first kappa shape index (κ1) is 62.2. The summed E-state index contributed by atoms with van der Waals surface area (Å²) in [6, 6.07) is -0.833. The lowest BCUT2D eigenvalue weighted by molar-refractivity contribution is -0.870. The van der Waals surface area contributed by atoms with Crippen LogP contribution in [0.5, 0.6) is 0 Å². The number of allylic oxidation sites excluding steroid dienone is 10. The van der Waals surface area contributed by atoms with E-state index >= 15 is 0 Å². The number of amides is 1. The van der Waals surface area contributed by atoms with E-state index in [0.29, 0.717) is 23.9 Å². The zero-order valence-electron chi connectivity index (χ0n) is 42.5. The van der Waals surface area contributed by atoms with Gasteiger partial charge in [0.05, 0.1) is 39.9 Å². The summed E-state index contributed by atoms with van der Waals surface area (Å²) in [6.07, 6.45) is 61.2. The zero-order chi connectivity index (χ0) is 47.1. The first-order chi connectivity index (χ1) is 31.0. The molecule has 0 saturated heterocycles. The third-order valence-corrected chi connectivity index (χ3v) is 12.7. The molecule has 3 atom stereocenters. The first-order valence-corrected chi connectivity index (χ1v) is 28.1. The zero-order valence-corrected chi connectivity index (χ0v) is 43.4. The van der Waals surface area contributed by atoms with Gasteiger partial charge in [-0.15, -0.1) is 0 Å². The maximum Gasteiger partial charge on any atom is 0.268 e. The molecule has 0 saturated carbocycles. The number of hydrogen-bond donors (Lipinski definition) is 2. The van der Waals surface area contributed by atoms with Crippen molar-refractivity contribution in [2.24, 2.45) is 0 Å². The number of rotatable bonds is 48. The molecule has 8 nitrogen and oxygen atoms in total. The van der Waals surface area contributed by atoms with Crippen molar-refractivity contribution in [2.75, 3.05) is 40.9 Å². The Labute approximate surface area is 396 Å². The fourth-order valence-corrected chi connectivity index (χ4v) is 8.33. The molecule has 0 aromatic heterocycles. The highest BCUT2D eigenvalue weighted by atomic mass is 31.2. The van der Waals surface area contributed by atoms with Crippen molar-refractivity contribution >= 4 is 13.7 Å². The predicted molar refractivity (Wildman–Crippen MR) is 274 cm³/mol. The maximum atomic E-state index is 12.9. The molecule has 1 amide bonds. The van der Waals surface area contributed by atoms with Gasteiger partial charge < -0.3 is 28.8 Å². The number of phosphoric acid groups is 1. The van der Waals surface area contributed by atoms with Crippen LogP contribution in [0.3, 0.4) is 0 Å². The van der Waals surface area contributed by atoms with Crippen LogP contribution in [0, 0.1) is 0 Å². The van der Waals surface area contributed by atoms with Crippen LogP contribution in [0.2, 0.25) is 0 Å². The van der Waals surface area contributed by atoms with Crippen LogP contribution in [0.4, 0.5) is 0 Å². The van der Waals surface area contributed by atoms with E-state index in [1.807, 2.05) is 21.1 Å². The van der Waals surface area contributed by atoms with Crippen molar-refractivity contribution < 1.29 is 32.9 Å². The summed E-state index contributed by atoms with van der Waals surface area (Å²) < 4.78 is 23.3. The van der Waals surface area contributed by atoms with Crippen molar-refractivity contribution in [1.29, 1.82) is 0 Å². The molecule has 0 aliphatic heterocycles. The molecule has 374 valence electrons. The normalized spacial score (nSPS) is 14.5. The fraction of sp³-hybridized carbons (Fsp3) is 0.800. The number of likely N-dealkylation sites (N-methyl/N-ethyl adjacent to an activating group) is 1. The minimum absolute atomic E-state index is 0.000772. The molecule has 9 heteroatoms. The average Bonchev–Trinajstić information content (AvgIpc) is 3.25. The second-order valence-corrected chi connectivity index (χ2v) is 20.6. The maximum absolute atomic E-state index is 12.9. The van der Waals surface area contributed by atoms with Gasteiger partial charge in [0, 0.05) is 6.42 Å². The fourth-order valence-electron chi connectivity index (χ4n) is 7.61. The topological polar surface area (TPSA) is 108 Å². The van der Waals surface area contributed by atoms with Crippen molar-refractivity contribution in [3.63, 3.8) is 0 Å². The molecule has 0 spiro atoms. The number of unbranched alkanes of at least 4 members (excludes halogenated alkanes) is 25. The summed E-state index contributed by atoms with van der Waals surface area (Å²) in [7, 11) is 1.26. The van der Waals surface area contributed by atoms with Gasteiger partial charge in [0.2, 0.25) is 5.91 Å². The Hall–Kier alpha value is -1.80. The van der Waals surface area contributed by atoms with Crippen LogP contribution in [0.25, 0.3) is 0 Å². The van der Waals surface area contributed by atoms with Gasteiger partial charge in [-0.3, -0.25) is 9.36 Å². The third-order valence-electron chi connectivity index (χ3n) is 11.8. The molecule has 0 aliphatic rings. The minimum atomic E-state index is -4.59. The molecule has 0 radical (unpaired) electrons. The Kier molecular flexibility index (Phi) is 45.0. The number of nitrogens with zero attached hydrogens (tertiary/aromatic N) is 1. The van der Waals surface area contributed by atoms with Crippen molar-refractivity contribution in [2.45, 2.75) is 244 Å². The van der Waals surface area contributed by atoms with Crippen LogP contribution in [0.15, 0.2) is 60.8 Å². The molecule has 0 aromatic carbocycles. The molecule has 3 unspecified atom stereocenters. The molecule has 0 fully saturated rings. The molecule has 64 heavy (non-hydrogen) atoms. The molecule has 0 aliphatic carbocycles. The van der Waals surface area contributed by atoms with Crippen molar-refractivity contribution in [3.05, 3.63) is 60.8 Å². The Morgan fingerprint density at radius 1 is 0.562 bits per heavy atom. The van der Waals surface area contributed by atoms with Gasteiger partial charge >= 0.3 is 0 Å². The van der Waals surface area contributed by atoms with E-state index in [1.54, 1.807) is 0 Å². The Morgan fingerprint density at radius 3 is 1.33 bits per heavy atom. The average molecular weight is 919 g/mol. The summed E-state index contributed by atoms with van der Waals surface area (Å²) >= 11 is 0. The predicted octanol–water partition coefficient (Wildman–Crippen LogP) is 15.1. The molecule has 2 N–H and O–H groups in total. The van der Waals surface area contributed by atoms with E-state index in [4.69, 9.17) is 9.05 Å². The molecule has 0 rings (SSSR count). The number of aliphatic hydroxyl groups excluding tert-OH is 1. The highest BCUT2D eigenvalue weighted by Crippen LogP contribution is 2.38. The van der Waals surface area contributed by atoms with Gasteiger partial charge in [0.25, 0.3) is 7.82 Å². The number of phosphoric ester groups is 1. The standard InChI is InChI=1S/C55H103N2O6P/c1-6-8-10-12-14-16-18-20-22-24-25-26-27-28-29-30-31-33-34-36-38-40-42-44-46-48-54(58)53(52-63-64(60,61)62-51-50-57(3,4)5)56-55(59)49-47-45-43-41-39-37-35-32-23-21-19-17-15-13-11-9-7-2/h9,11,15,17,21,23,35,37,41,43,53-54,58H,6-8,10,12-14,16,18-20,22,24-34,36,38-40,42,44-52H2,1-5H3,(H-,56,59,60,61)/b11-9-,17-15-,23-21-,37-35-,43-41-. The number of carbonyl (C=O) groups excluding carboxylic acids is 1. The summed E-state index contributed by atoms with van der Waals surface area (Å²) in [6.45, 7) is 4.57. The van der Waals surface area contributed by atoms with Crippen LogP contribution < -0.4 is 10.2 Å². The molecular formula is C55H103N2O6P. The van der Waals surface area contributed by atoms with E-state index in [-0.39, 0.29) is 25.5 Å². The lowest BCUT2D eigenvalue weighted by Crippen LogP contribution is -2.46. The molecule has 0 aromatic rings. The van der Waals surface area contributed by atoms with E-state index in [1.165, 1.54) is 141 Å². The van der Waals surface area contributed by atoms with Gasteiger partial charge in [-0.1, -0.05) is 235 Å². The van der Waals surface area contributed by atoms with Gasteiger partial charge in [0.15, 0.2) is 0 Å². The first-order valence-electron chi connectivity index (χ1n) is 26.6. The minimum Gasteiger partial charge on any atom is -0.756 e. The number of nitrogens with one attached hydrogen (secondary N) is 1. The van der Waals surface area contributed by atoms with Crippen LogP contribution in [-0.4, -0.2) is 68.5 Å². The Morgan fingerprint density at radius 2 is 0.938 bits per heavy atom. The largest absolute Gasteiger partial charge is 0.756 e. The van der Waals surface area contributed by atoms with E-state index in [0.717, 1.165) is 57.8 Å². The molecular weight excluding hydrogens is 816 g/mol. The number of aliphatic hydroxyl groups is 1. The monoisotopic (exact) mass is 919 g/mol. The van der Waals surface area contributed by atoms with Gasteiger partial charge in [0.1, 0.15) is 13.2 Å². The van der Waals surface area contributed by atoms with Crippen LogP contribution in [-0.2, 0) is 18.4 Å². The van der Waals surface area contributed by atoms with Gasteiger partial charge in [-0.2, -0.15) is 0 Å². The van der Waals surface area contributed by atoms with Crippen LogP contribution >= 0.6 is 7.82 Å². The van der Waals surface area contributed by atoms with Gasteiger partial charge in [-0.05, 0) is 51.4 Å². The number of hydrogen-bond acceptors (Lipinski definition) is 6. The second-order valence-electron chi connectivity index (χ2n) is 19.2. The van der Waals surface area contributed by atoms with E-state index in [9.17, 15) is 19.4 Å². The Bertz CT molecular complexity index is 1230. The van der Waals surface area contributed by atoms with Crippen molar-refractivity contribution in [3.8, 4) is 0 Å². The molecule has 0 bridgehead atoms. The number of quaternary nitrogens is 1. The van der Waals surface area contributed by atoms with Crippen molar-refractivity contribution in [1.82, 2.24) is 5.32 Å². The lowest BCUT2D eigenvalue weighted by Gasteiger charge is -2.30. The summed E-state index contributed by atoms with van der Waals surface area (Å²) in [4.78, 5) is 25.4. The third kappa shape index (κ3) is 48.1. The Balaban J connectivity index is 4.26. The quantitative estimate of drug-likeness (QED) is 0.0272. The van der Waals surface area contributed by atoms with Crippen LogP contribution in [0.1, 0.15) is 232 Å². The summed E-state index contributed by atoms with van der Waals surface area (Å²) in [5.74, 6) is -0.221. The number of carbonyl (C=O) groups is 1. The smallest absolute Gasteiger partial charge is 0.268 e. The highest BCUT2D eigenvalue weighted by Gasteiger charge is 2.24. The highest BCUT2D eigenvalue weighted by molar-refractivity contribution is 7.45. The van der Waals surface area contributed by atoms with Gasteiger partial charge in [-0.25, -0.2) is 0 Å². The summed E-state index contributed by atoms with van der Waals surface area (Å²) in [5, 5.41) is 13.9. The summed E-state index contributed by atoms with van der Waals surface area (Å²) in [5.41, 5.74) is 0. The second kappa shape index (κ2) is 46.3. The SMILES string of the molecule is CC/C=C\C/C=C\C/C=C\C/C=C\C/C=C\CCCC(=O)NC(COP(=O)([O-])OCC[N+](C)(C)C)C(O)CCCCCCCCCCCCCCCCCCCCCCCCCCC. The lowest BCUT2D eigenvalue weighted by atomic mass is 10.0. The van der Waals surface area contributed by atoms with E-state index in [2.05, 4.69) is 79.9 Å². The van der Waals surface area contributed by atoms with E-state index < -0.39 is 20.0 Å². The molecule has 0 heterocycles.